The van der Waals surface area contributed by atoms with Crippen molar-refractivity contribution in [1.82, 2.24) is 4.98 Å². The molecule has 5 nitrogen and oxygen atoms in total. The van der Waals surface area contributed by atoms with Crippen LogP contribution in [0.3, 0.4) is 0 Å². The second-order valence-electron chi connectivity index (χ2n) is 5.16. The highest BCUT2D eigenvalue weighted by Gasteiger charge is 2.19. The fourth-order valence-electron chi connectivity index (χ4n) is 2.39. The number of thiazole rings is 1. The van der Waals surface area contributed by atoms with Crippen LogP contribution in [0.5, 0.6) is 11.5 Å². The molecule has 3 aromatic rings. The zero-order valence-electron chi connectivity index (χ0n) is 12.6. The number of nitrogens with zero attached hydrogens (tertiary/aromatic N) is 1. The first-order valence-corrected chi connectivity index (χ1v) is 8.11. The second-order valence-corrected chi connectivity index (χ2v) is 6.01. The Bertz CT molecular complexity index is 954. The fourth-order valence-corrected chi connectivity index (χ4v) is 3.11. The number of rotatable bonds is 3. The quantitative estimate of drug-likeness (QED) is 0.765. The molecule has 1 aliphatic heterocycles. The first-order chi connectivity index (χ1) is 12.1. The highest BCUT2D eigenvalue weighted by molar-refractivity contribution is 7.14. The molecule has 0 radical (unpaired) electrons. The van der Waals surface area contributed by atoms with E-state index in [4.69, 9.17) is 9.47 Å². The number of amides is 1. The Kier molecular flexibility index (Phi) is 3.81. The van der Waals surface area contributed by atoms with Crippen LogP contribution in [0.25, 0.3) is 11.3 Å². The molecule has 0 aliphatic carbocycles. The van der Waals surface area contributed by atoms with Crippen molar-refractivity contribution in [3.63, 3.8) is 0 Å². The van der Waals surface area contributed by atoms with E-state index in [0.29, 0.717) is 17.2 Å². The summed E-state index contributed by atoms with van der Waals surface area (Å²) in [5.74, 6) is -1.47. The molecule has 25 heavy (non-hydrogen) atoms. The number of fused-ring (bicyclic) bond motifs is 1. The molecule has 1 N–H and O–H groups in total. The molecule has 4 rings (SSSR count). The molecule has 126 valence electrons. The van der Waals surface area contributed by atoms with Crippen LogP contribution in [-0.2, 0) is 0 Å². The van der Waals surface area contributed by atoms with E-state index in [1.807, 2.05) is 6.07 Å². The maximum Gasteiger partial charge on any atom is 0.263 e. The summed E-state index contributed by atoms with van der Waals surface area (Å²) in [6, 6.07) is 8.60. The van der Waals surface area contributed by atoms with Gasteiger partial charge in [-0.05, 0) is 30.3 Å². The molecule has 2 heterocycles. The van der Waals surface area contributed by atoms with Gasteiger partial charge in [-0.1, -0.05) is 6.07 Å². The first kappa shape index (κ1) is 15.5. The lowest BCUT2D eigenvalue weighted by Gasteiger charge is -2.04. The van der Waals surface area contributed by atoms with Crippen molar-refractivity contribution in [3.05, 3.63) is 59.0 Å². The number of halogens is 2. The topological polar surface area (TPSA) is 60.5 Å². The molecule has 0 bridgehead atoms. The molecule has 1 amide bonds. The van der Waals surface area contributed by atoms with Gasteiger partial charge in [0.15, 0.2) is 16.6 Å². The van der Waals surface area contributed by atoms with Crippen molar-refractivity contribution in [3.8, 4) is 22.8 Å². The average molecular weight is 360 g/mol. The molecule has 0 fully saturated rings. The average Bonchev–Trinajstić information content (AvgIpc) is 3.22. The maximum absolute atomic E-state index is 13.7. The van der Waals surface area contributed by atoms with Gasteiger partial charge in [-0.3, -0.25) is 10.1 Å². The summed E-state index contributed by atoms with van der Waals surface area (Å²) in [6.07, 6.45) is 0. The molecule has 0 atom stereocenters. The van der Waals surface area contributed by atoms with Crippen LogP contribution in [0.4, 0.5) is 13.9 Å². The van der Waals surface area contributed by atoms with Gasteiger partial charge in [0.2, 0.25) is 6.79 Å². The number of benzene rings is 2. The minimum Gasteiger partial charge on any atom is -0.454 e. The smallest absolute Gasteiger partial charge is 0.263 e. The fraction of sp³-hybridized carbons (Fsp3) is 0.0588. The molecule has 0 unspecified atom stereocenters. The summed E-state index contributed by atoms with van der Waals surface area (Å²) in [6.45, 7) is 0.172. The Hall–Kier alpha value is -3.00. The highest BCUT2D eigenvalue weighted by Crippen LogP contribution is 2.36. The van der Waals surface area contributed by atoms with Crippen LogP contribution >= 0.6 is 11.3 Å². The number of ether oxygens (including phenoxy) is 2. The Morgan fingerprint density at radius 2 is 1.88 bits per heavy atom. The molecule has 0 saturated heterocycles. The highest BCUT2D eigenvalue weighted by atomic mass is 32.1. The molecule has 8 heteroatoms. The summed E-state index contributed by atoms with van der Waals surface area (Å²) in [5, 5.41) is 4.38. The first-order valence-electron chi connectivity index (χ1n) is 7.23. The predicted molar refractivity (Wildman–Crippen MR) is 88.0 cm³/mol. The van der Waals surface area contributed by atoms with Gasteiger partial charge in [0.05, 0.1) is 5.69 Å². The summed E-state index contributed by atoms with van der Waals surface area (Å²) < 4.78 is 37.9. The van der Waals surface area contributed by atoms with Crippen molar-refractivity contribution >= 4 is 22.4 Å². The van der Waals surface area contributed by atoms with Crippen LogP contribution < -0.4 is 14.8 Å². The van der Waals surface area contributed by atoms with E-state index in [1.165, 1.54) is 6.07 Å². The van der Waals surface area contributed by atoms with Crippen molar-refractivity contribution < 1.29 is 23.0 Å². The Morgan fingerprint density at radius 1 is 1.12 bits per heavy atom. The lowest BCUT2D eigenvalue weighted by Crippen LogP contribution is -2.15. The minimum atomic E-state index is -0.926. The third kappa shape index (κ3) is 2.91. The van der Waals surface area contributed by atoms with Gasteiger partial charge in [0.25, 0.3) is 5.91 Å². The van der Waals surface area contributed by atoms with Crippen molar-refractivity contribution in [2.75, 3.05) is 12.1 Å². The maximum atomic E-state index is 13.7. The molecule has 1 aromatic heterocycles. The molecule has 0 spiro atoms. The Morgan fingerprint density at radius 3 is 2.68 bits per heavy atom. The second kappa shape index (κ2) is 6.14. The van der Waals surface area contributed by atoms with E-state index in [9.17, 15) is 13.6 Å². The molecule has 2 aromatic carbocycles. The van der Waals surface area contributed by atoms with Gasteiger partial charge in [-0.2, -0.15) is 0 Å². The van der Waals surface area contributed by atoms with Crippen LogP contribution in [0, 0.1) is 11.6 Å². The summed E-state index contributed by atoms with van der Waals surface area (Å²) >= 11 is 1.15. The van der Waals surface area contributed by atoms with E-state index < -0.39 is 23.1 Å². The van der Waals surface area contributed by atoms with Gasteiger partial charge in [-0.15, -0.1) is 11.3 Å². The van der Waals surface area contributed by atoms with Crippen molar-refractivity contribution in [1.29, 1.82) is 0 Å². The van der Waals surface area contributed by atoms with Crippen LogP contribution in [0.15, 0.2) is 41.8 Å². The number of hydrogen-bond acceptors (Lipinski definition) is 5. The third-order valence-corrected chi connectivity index (χ3v) is 4.34. The number of nitrogens with one attached hydrogen (secondary N) is 1. The van der Waals surface area contributed by atoms with Gasteiger partial charge in [-0.25, -0.2) is 13.8 Å². The van der Waals surface area contributed by atoms with Crippen LogP contribution in [0.1, 0.15) is 10.4 Å². The Balaban J connectivity index is 1.57. The van der Waals surface area contributed by atoms with Crippen molar-refractivity contribution in [2.24, 2.45) is 0 Å². The van der Waals surface area contributed by atoms with Gasteiger partial charge >= 0.3 is 0 Å². The van der Waals surface area contributed by atoms with E-state index >= 15 is 0 Å². The molecule has 0 saturated carbocycles. The number of aromatic nitrogens is 1. The van der Waals surface area contributed by atoms with E-state index in [1.54, 1.807) is 17.5 Å². The number of anilines is 1. The standard InChI is InChI=1S/C17H10F2N2O3S/c18-10-2-1-3-11(19)15(10)16(22)21-17-20-12(7-25-17)9-4-5-13-14(6-9)24-8-23-13/h1-7H,8H2,(H,20,21,22). The Labute approximate surface area is 144 Å². The number of hydrogen-bond donors (Lipinski definition) is 1. The van der Waals surface area contributed by atoms with E-state index in [0.717, 1.165) is 29.0 Å². The van der Waals surface area contributed by atoms with Crippen LogP contribution in [-0.4, -0.2) is 17.7 Å². The monoisotopic (exact) mass is 360 g/mol. The molecule has 1 aliphatic rings. The number of carbonyl (C=O) groups is 1. The van der Waals surface area contributed by atoms with Gasteiger partial charge in [0.1, 0.15) is 17.2 Å². The summed E-state index contributed by atoms with van der Waals surface area (Å²) in [4.78, 5) is 16.4. The lowest BCUT2D eigenvalue weighted by atomic mass is 10.1. The third-order valence-electron chi connectivity index (χ3n) is 3.58. The van der Waals surface area contributed by atoms with Gasteiger partial charge < -0.3 is 9.47 Å². The predicted octanol–water partition coefficient (Wildman–Crippen LogP) is 4.07. The SMILES string of the molecule is O=C(Nc1nc(-c2ccc3c(c2)OCO3)cs1)c1c(F)cccc1F. The van der Waals surface area contributed by atoms with Crippen LogP contribution in [0.2, 0.25) is 0 Å². The summed E-state index contributed by atoms with van der Waals surface area (Å²) in [7, 11) is 0. The lowest BCUT2D eigenvalue weighted by molar-refractivity contribution is 0.101. The molecular weight excluding hydrogens is 350 g/mol. The van der Waals surface area contributed by atoms with E-state index in [2.05, 4.69) is 10.3 Å². The molecular formula is C17H10F2N2O3S. The zero-order chi connectivity index (χ0) is 17.4. The van der Waals surface area contributed by atoms with Gasteiger partial charge in [0, 0.05) is 10.9 Å². The number of carbonyl (C=O) groups excluding carboxylic acids is 1. The van der Waals surface area contributed by atoms with Crippen molar-refractivity contribution in [2.45, 2.75) is 0 Å². The normalized spacial score (nSPS) is 12.2. The largest absolute Gasteiger partial charge is 0.454 e. The zero-order valence-corrected chi connectivity index (χ0v) is 13.4. The van der Waals surface area contributed by atoms with E-state index in [-0.39, 0.29) is 11.9 Å². The summed E-state index contributed by atoms with van der Waals surface area (Å²) in [5.41, 5.74) is 0.744. The minimum absolute atomic E-state index is 0.172.